The Morgan fingerprint density at radius 1 is 1.23 bits per heavy atom. The summed E-state index contributed by atoms with van der Waals surface area (Å²) in [5.41, 5.74) is 1.28. The van der Waals surface area contributed by atoms with E-state index in [-0.39, 0.29) is 12.4 Å². The molecule has 0 atom stereocenters. The number of aryl methyl sites for hydroxylation is 1. The molecular formula is C17H21NO4. The van der Waals surface area contributed by atoms with Gasteiger partial charge < -0.3 is 14.4 Å². The van der Waals surface area contributed by atoms with Crippen LogP contribution in [0.1, 0.15) is 32.8 Å². The Morgan fingerprint density at radius 3 is 2.59 bits per heavy atom. The molecule has 1 aromatic heterocycles. The van der Waals surface area contributed by atoms with Crippen molar-refractivity contribution in [1.82, 2.24) is 4.57 Å². The van der Waals surface area contributed by atoms with E-state index in [2.05, 4.69) is 0 Å². The van der Waals surface area contributed by atoms with Gasteiger partial charge in [-0.25, -0.2) is 0 Å². The van der Waals surface area contributed by atoms with Crippen molar-refractivity contribution >= 4 is 22.8 Å². The van der Waals surface area contributed by atoms with Crippen LogP contribution < -0.4 is 0 Å². The Kier molecular flexibility index (Phi) is 4.54. The topological polar surface area (TPSA) is 68.5 Å². The molecule has 1 aromatic carbocycles. The van der Waals surface area contributed by atoms with E-state index < -0.39 is 11.6 Å². The van der Waals surface area contributed by atoms with E-state index in [4.69, 9.17) is 9.84 Å². The maximum Gasteiger partial charge on any atom is 0.308 e. The Balaban J connectivity index is 2.06. The van der Waals surface area contributed by atoms with Crippen molar-refractivity contribution in [1.29, 1.82) is 0 Å². The number of hydrogen-bond acceptors (Lipinski definition) is 3. The van der Waals surface area contributed by atoms with Crippen LogP contribution in [0, 0.1) is 0 Å². The largest absolute Gasteiger partial charge is 0.481 e. The zero-order chi connectivity index (χ0) is 16.3. The van der Waals surface area contributed by atoms with Gasteiger partial charge >= 0.3 is 11.9 Å². The third-order valence-corrected chi connectivity index (χ3v) is 3.17. The molecule has 1 heterocycles. The second kappa shape index (κ2) is 6.22. The van der Waals surface area contributed by atoms with E-state index in [1.165, 1.54) is 0 Å². The number of fused-ring (bicyclic) bond motifs is 1. The van der Waals surface area contributed by atoms with Gasteiger partial charge in [-0.3, -0.25) is 9.59 Å². The third-order valence-electron chi connectivity index (χ3n) is 3.17. The molecule has 2 aromatic rings. The van der Waals surface area contributed by atoms with Crippen LogP contribution in [-0.4, -0.2) is 27.2 Å². The number of hydrogen-bond donors (Lipinski definition) is 1. The van der Waals surface area contributed by atoms with Gasteiger partial charge in [0.15, 0.2) is 0 Å². The third kappa shape index (κ3) is 4.35. The summed E-state index contributed by atoms with van der Waals surface area (Å²) in [6.07, 6.45) is 2.22. The Labute approximate surface area is 129 Å². The molecule has 0 fully saturated rings. The lowest BCUT2D eigenvalue weighted by Gasteiger charge is -2.19. The molecule has 0 aliphatic rings. The second-order valence-electron chi connectivity index (χ2n) is 6.31. The lowest BCUT2D eigenvalue weighted by Crippen LogP contribution is -2.24. The highest BCUT2D eigenvalue weighted by molar-refractivity contribution is 5.82. The maximum atomic E-state index is 11.8. The number of carboxylic acid groups (broad SMARTS) is 1. The number of esters is 1. The van der Waals surface area contributed by atoms with Crippen molar-refractivity contribution in [2.24, 2.45) is 0 Å². The first-order valence-electron chi connectivity index (χ1n) is 7.26. The summed E-state index contributed by atoms with van der Waals surface area (Å²) in [6, 6.07) is 7.49. The number of carbonyl (C=O) groups excluding carboxylic acids is 1. The summed E-state index contributed by atoms with van der Waals surface area (Å²) in [6.45, 7) is 6.08. The maximum absolute atomic E-state index is 11.8. The monoisotopic (exact) mass is 303 g/mol. The molecule has 0 saturated heterocycles. The van der Waals surface area contributed by atoms with Crippen molar-refractivity contribution in [3.05, 3.63) is 36.0 Å². The zero-order valence-electron chi connectivity index (χ0n) is 13.1. The van der Waals surface area contributed by atoms with Crippen molar-refractivity contribution in [3.63, 3.8) is 0 Å². The molecule has 118 valence electrons. The van der Waals surface area contributed by atoms with Crippen LogP contribution >= 0.6 is 0 Å². The number of rotatable bonds is 5. The van der Waals surface area contributed by atoms with Gasteiger partial charge in [0.25, 0.3) is 0 Å². The lowest BCUT2D eigenvalue weighted by atomic mass is 10.1. The second-order valence-corrected chi connectivity index (χ2v) is 6.31. The predicted molar refractivity (Wildman–Crippen MR) is 83.7 cm³/mol. The minimum atomic E-state index is -0.844. The van der Waals surface area contributed by atoms with E-state index in [1.54, 1.807) is 6.07 Å². The summed E-state index contributed by atoms with van der Waals surface area (Å²) < 4.78 is 7.27. The number of carbonyl (C=O) groups is 2. The summed E-state index contributed by atoms with van der Waals surface area (Å²) in [5.74, 6) is -1.07. The average molecular weight is 303 g/mol. The predicted octanol–water partition coefficient (Wildman–Crippen LogP) is 3.00. The van der Waals surface area contributed by atoms with Crippen molar-refractivity contribution in [3.8, 4) is 0 Å². The van der Waals surface area contributed by atoms with Crippen LogP contribution in [0.25, 0.3) is 10.9 Å². The molecule has 0 radical (unpaired) electrons. The van der Waals surface area contributed by atoms with Gasteiger partial charge in [0.05, 0.1) is 12.8 Å². The normalized spacial score (nSPS) is 11.6. The SMILES string of the molecule is CC(C)(C)OC(=O)CCn1ccc2cc(CC(=O)O)ccc21. The number of aromatic nitrogens is 1. The van der Waals surface area contributed by atoms with Gasteiger partial charge in [0, 0.05) is 18.3 Å². The minimum absolute atomic E-state index is 0.0129. The molecule has 0 aliphatic heterocycles. The first-order valence-corrected chi connectivity index (χ1v) is 7.26. The quantitative estimate of drug-likeness (QED) is 0.862. The highest BCUT2D eigenvalue weighted by atomic mass is 16.6. The van der Waals surface area contributed by atoms with Gasteiger partial charge in [-0.15, -0.1) is 0 Å². The number of ether oxygens (including phenoxy) is 1. The summed E-state index contributed by atoms with van der Waals surface area (Å²) in [4.78, 5) is 22.5. The average Bonchev–Trinajstić information content (AvgIpc) is 2.76. The first kappa shape index (κ1) is 16.1. The molecule has 0 aliphatic carbocycles. The smallest absolute Gasteiger partial charge is 0.308 e. The van der Waals surface area contributed by atoms with Crippen LogP contribution in [0.4, 0.5) is 0 Å². The fourth-order valence-electron chi connectivity index (χ4n) is 2.33. The molecule has 2 rings (SSSR count). The van der Waals surface area contributed by atoms with Gasteiger partial charge in [0.1, 0.15) is 5.60 Å². The molecule has 22 heavy (non-hydrogen) atoms. The Hall–Kier alpha value is -2.30. The standard InChI is InChI=1S/C17H21NO4/c1-17(2,3)22-16(21)7-9-18-8-6-13-10-12(11-15(19)20)4-5-14(13)18/h4-6,8,10H,7,9,11H2,1-3H3,(H,19,20). The lowest BCUT2D eigenvalue weighted by molar-refractivity contribution is -0.155. The number of nitrogens with zero attached hydrogens (tertiary/aromatic N) is 1. The van der Waals surface area contributed by atoms with E-state index in [0.29, 0.717) is 13.0 Å². The van der Waals surface area contributed by atoms with E-state index in [0.717, 1.165) is 16.5 Å². The number of benzene rings is 1. The summed E-state index contributed by atoms with van der Waals surface area (Å²) in [7, 11) is 0. The summed E-state index contributed by atoms with van der Waals surface area (Å²) in [5, 5.41) is 9.80. The number of aliphatic carboxylic acids is 1. The molecule has 0 amide bonds. The minimum Gasteiger partial charge on any atom is -0.481 e. The van der Waals surface area contributed by atoms with Crippen LogP contribution in [-0.2, 0) is 27.3 Å². The van der Waals surface area contributed by atoms with Gasteiger partial charge in [-0.1, -0.05) is 6.07 Å². The van der Waals surface area contributed by atoms with Crippen LogP contribution in [0.5, 0.6) is 0 Å². The Morgan fingerprint density at radius 2 is 1.95 bits per heavy atom. The summed E-state index contributed by atoms with van der Waals surface area (Å²) >= 11 is 0. The fourth-order valence-corrected chi connectivity index (χ4v) is 2.33. The van der Waals surface area contributed by atoms with E-state index in [1.807, 2.05) is 49.7 Å². The van der Waals surface area contributed by atoms with E-state index in [9.17, 15) is 9.59 Å². The molecule has 5 nitrogen and oxygen atoms in total. The Bertz CT molecular complexity index is 694. The van der Waals surface area contributed by atoms with Gasteiger partial charge in [-0.05, 0) is 49.9 Å². The molecule has 0 saturated carbocycles. The molecule has 0 spiro atoms. The molecule has 0 bridgehead atoms. The van der Waals surface area contributed by atoms with Gasteiger partial charge in [0.2, 0.25) is 0 Å². The van der Waals surface area contributed by atoms with Crippen molar-refractivity contribution in [2.75, 3.05) is 0 Å². The molecular weight excluding hydrogens is 282 g/mol. The fraction of sp³-hybridized carbons (Fsp3) is 0.412. The first-order chi connectivity index (χ1) is 10.2. The highest BCUT2D eigenvalue weighted by Crippen LogP contribution is 2.19. The molecule has 0 unspecified atom stereocenters. The van der Waals surface area contributed by atoms with Crippen LogP contribution in [0.2, 0.25) is 0 Å². The van der Waals surface area contributed by atoms with Crippen molar-refractivity contribution < 1.29 is 19.4 Å². The van der Waals surface area contributed by atoms with Crippen LogP contribution in [0.15, 0.2) is 30.5 Å². The van der Waals surface area contributed by atoms with Gasteiger partial charge in [-0.2, -0.15) is 0 Å². The van der Waals surface area contributed by atoms with E-state index >= 15 is 0 Å². The molecule has 1 N–H and O–H groups in total. The van der Waals surface area contributed by atoms with Crippen LogP contribution in [0.3, 0.4) is 0 Å². The molecule has 5 heteroatoms. The highest BCUT2D eigenvalue weighted by Gasteiger charge is 2.16. The number of carboxylic acids is 1. The van der Waals surface area contributed by atoms with Crippen molar-refractivity contribution in [2.45, 2.75) is 45.8 Å². The zero-order valence-corrected chi connectivity index (χ0v) is 13.1.